The van der Waals surface area contributed by atoms with Gasteiger partial charge < -0.3 is 23.7 Å². The normalized spacial score (nSPS) is 28.6. The van der Waals surface area contributed by atoms with Gasteiger partial charge in [0.1, 0.15) is 12.7 Å². The lowest BCUT2D eigenvalue weighted by atomic mass is 10.1. The van der Waals surface area contributed by atoms with Crippen LogP contribution in [0.25, 0.3) is 0 Å². The van der Waals surface area contributed by atoms with E-state index < -0.39 is 42.3 Å². The van der Waals surface area contributed by atoms with Gasteiger partial charge in [-0.25, -0.2) is 0 Å². The van der Waals surface area contributed by atoms with Crippen LogP contribution in [0.3, 0.4) is 0 Å². The van der Waals surface area contributed by atoms with E-state index in [1.165, 1.54) is 13.8 Å². The largest absolute Gasteiger partial charge is 0.463 e. The van der Waals surface area contributed by atoms with Crippen LogP contribution >= 0.6 is 0 Å². The summed E-state index contributed by atoms with van der Waals surface area (Å²) in [6, 6.07) is 0. The molecule has 0 bridgehead atoms. The number of esters is 3. The van der Waals surface area contributed by atoms with E-state index in [1.54, 1.807) is 0 Å². The number of ether oxygens (including phenoxy) is 4. The van der Waals surface area contributed by atoms with Crippen molar-refractivity contribution in [2.24, 2.45) is 0 Å². The van der Waals surface area contributed by atoms with Crippen LogP contribution in [-0.4, -0.2) is 55.2 Å². The van der Waals surface area contributed by atoms with Crippen molar-refractivity contribution in [1.29, 1.82) is 0 Å². The Bertz CT molecular complexity index is 404. The highest BCUT2D eigenvalue weighted by Gasteiger charge is 2.49. The minimum absolute atomic E-state index is 0.213. The topological polar surface area (TPSA) is 105 Å². The van der Waals surface area contributed by atoms with Crippen LogP contribution < -0.4 is 0 Å². The van der Waals surface area contributed by atoms with Crippen molar-refractivity contribution in [1.82, 2.24) is 0 Å². The van der Waals surface area contributed by atoms with Crippen LogP contribution in [0.1, 0.15) is 20.8 Å². The molecule has 1 heterocycles. The van der Waals surface area contributed by atoms with Crippen molar-refractivity contribution in [2.45, 2.75) is 45.2 Å². The molecular weight excluding hydrogens is 272 g/mol. The summed E-state index contributed by atoms with van der Waals surface area (Å²) in [5.41, 5.74) is 0. The van der Waals surface area contributed by atoms with Gasteiger partial charge in [0.05, 0.1) is 0 Å². The molecule has 0 amide bonds. The fourth-order valence-electron chi connectivity index (χ4n) is 1.86. The predicted octanol–water partition coefficient (Wildman–Crippen LogP) is -0.621. The van der Waals surface area contributed by atoms with Crippen molar-refractivity contribution in [3.8, 4) is 0 Å². The SMILES string of the molecule is CC(=O)OC[C@H]1O[C@H](C=O)[C@@H](OC(C)=O)[C@@H]1OC(C)=O. The molecule has 1 saturated heterocycles. The second-order valence-electron chi connectivity index (χ2n) is 4.23. The van der Waals surface area contributed by atoms with Crippen LogP contribution in [0, 0.1) is 0 Å². The van der Waals surface area contributed by atoms with E-state index >= 15 is 0 Å². The summed E-state index contributed by atoms with van der Waals surface area (Å²) < 4.78 is 20.0. The zero-order valence-corrected chi connectivity index (χ0v) is 11.4. The average Bonchev–Trinajstić information content (AvgIpc) is 2.63. The number of hydrogen-bond donors (Lipinski definition) is 0. The van der Waals surface area contributed by atoms with Crippen LogP contribution in [0.5, 0.6) is 0 Å². The zero-order chi connectivity index (χ0) is 15.3. The maximum atomic E-state index is 11.1. The molecule has 0 aromatic heterocycles. The fraction of sp³-hybridized carbons (Fsp3) is 0.667. The van der Waals surface area contributed by atoms with E-state index in [1.807, 2.05) is 0 Å². The monoisotopic (exact) mass is 288 g/mol. The molecule has 0 aromatic carbocycles. The van der Waals surface area contributed by atoms with Crippen molar-refractivity contribution in [3.63, 3.8) is 0 Å². The van der Waals surface area contributed by atoms with E-state index in [2.05, 4.69) is 0 Å². The van der Waals surface area contributed by atoms with Crippen molar-refractivity contribution in [3.05, 3.63) is 0 Å². The fourth-order valence-corrected chi connectivity index (χ4v) is 1.86. The Kier molecular flexibility index (Phi) is 5.63. The molecule has 8 nitrogen and oxygen atoms in total. The first-order valence-electron chi connectivity index (χ1n) is 5.93. The summed E-state index contributed by atoms with van der Waals surface area (Å²) >= 11 is 0. The number of carbonyl (C=O) groups is 4. The zero-order valence-electron chi connectivity index (χ0n) is 11.4. The Hall–Kier alpha value is -1.96. The Morgan fingerprint density at radius 2 is 1.55 bits per heavy atom. The average molecular weight is 288 g/mol. The smallest absolute Gasteiger partial charge is 0.303 e. The third-order valence-electron chi connectivity index (χ3n) is 2.54. The number of carbonyl (C=O) groups excluding carboxylic acids is 4. The van der Waals surface area contributed by atoms with E-state index in [-0.39, 0.29) is 6.61 Å². The summed E-state index contributed by atoms with van der Waals surface area (Å²) in [6.07, 6.45) is -3.58. The second-order valence-corrected chi connectivity index (χ2v) is 4.23. The van der Waals surface area contributed by atoms with Crippen LogP contribution in [0.15, 0.2) is 0 Å². The summed E-state index contributed by atoms with van der Waals surface area (Å²) in [6.45, 7) is 3.32. The number of aldehydes is 1. The molecule has 0 saturated carbocycles. The molecule has 0 radical (unpaired) electrons. The van der Waals surface area contributed by atoms with Crippen LogP contribution in [0.4, 0.5) is 0 Å². The Morgan fingerprint density at radius 3 is 2.00 bits per heavy atom. The summed E-state index contributed by atoms with van der Waals surface area (Å²) in [5.74, 6) is -1.82. The van der Waals surface area contributed by atoms with Gasteiger partial charge >= 0.3 is 17.9 Å². The lowest BCUT2D eigenvalue weighted by molar-refractivity contribution is -0.165. The standard InChI is InChI=1S/C12H16O8/c1-6(14)17-5-10-12(19-8(3)16)11(18-7(2)15)9(4-13)20-10/h4,9-12H,5H2,1-3H3/t9-,10-,11-,12-/m1/s1. The van der Waals surface area contributed by atoms with Crippen molar-refractivity contribution in [2.75, 3.05) is 6.61 Å². The lowest BCUT2D eigenvalue weighted by Gasteiger charge is -2.22. The first-order valence-corrected chi connectivity index (χ1v) is 5.93. The van der Waals surface area contributed by atoms with E-state index in [0.717, 1.165) is 6.92 Å². The molecule has 0 unspecified atom stereocenters. The second kappa shape index (κ2) is 6.99. The molecule has 1 fully saturated rings. The summed E-state index contributed by atoms with van der Waals surface area (Å²) in [7, 11) is 0. The highest BCUT2D eigenvalue weighted by atomic mass is 16.6. The molecule has 1 aliphatic rings. The molecule has 0 aliphatic carbocycles. The van der Waals surface area contributed by atoms with Crippen molar-refractivity contribution < 1.29 is 38.1 Å². The van der Waals surface area contributed by atoms with E-state index in [4.69, 9.17) is 18.9 Å². The van der Waals surface area contributed by atoms with Gasteiger partial charge in [0.25, 0.3) is 0 Å². The minimum Gasteiger partial charge on any atom is -0.463 e. The lowest BCUT2D eigenvalue weighted by Crippen LogP contribution is -2.41. The van der Waals surface area contributed by atoms with Gasteiger partial charge in [0, 0.05) is 20.8 Å². The van der Waals surface area contributed by atoms with Crippen LogP contribution in [-0.2, 0) is 38.1 Å². The summed E-state index contributed by atoms with van der Waals surface area (Å²) in [4.78, 5) is 43.9. The molecular formula is C12H16O8. The molecule has 0 N–H and O–H groups in total. The van der Waals surface area contributed by atoms with E-state index in [9.17, 15) is 19.2 Å². The van der Waals surface area contributed by atoms with Crippen molar-refractivity contribution >= 4 is 24.2 Å². The number of rotatable bonds is 5. The first kappa shape index (κ1) is 16.1. The minimum atomic E-state index is -1.08. The van der Waals surface area contributed by atoms with Crippen LogP contribution in [0.2, 0.25) is 0 Å². The van der Waals surface area contributed by atoms with Gasteiger partial charge in [-0.05, 0) is 0 Å². The molecule has 4 atom stereocenters. The highest BCUT2D eigenvalue weighted by Crippen LogP contribution is 2.26. The maximum Gasteiger partial charge on any atom is 0.303 e. The first-order chi connectivity index (χ1) is 9.35. The van der Waals surface area contributed by atoms with E-state index in [0.29, 0.717) is 6.29 Å². The van der Waals surface area contributed by atoms with Gasteiger partial charge in [0.15, 0.2) is 24.6 Å². The predicted molar refractivity (Wildman–Crippen MR) is 62.5 cm³/mol. The molecule has 112 valence electrons. The van der Waals surface area contributed by atoms with Gasteiger partial charge in [-0.1, -0.05) is 0 Å². The third-order valence-corrected chi connectivity index (χ3v) is 2.54. The Labute approximate surface area is 115 Å². The number of hydrogen-bond acceptors (Lipinski definition) is 8. The highest BCUT2D eigenvalue weighted by molar-refractivity contribution is 5.69. The van der Waals surface area contributed by atoms with Gasteiger partial charge in [-0.2, -0.15) is 0 Å². The molecule has 20 heavy (non-hydrogen) atoms. The van der Waals surface area contributed by atoms with Gasteiger partial charge in [-0.3, -0.25) is 14.4 Å². The Balaban J connectivity index is 2.86. The van der Waals surface area contributed by atoms with Gasteiger partial charge in [-0.15, -0.1) is 0 Å². The maximum absolute atomic E-state index is 11.1. The quantitative estimate of drug-likeness (QED) is 0.374. The third kappa shape index (κ3) is 4.30. The summed E-state index contributed by atoms with van der Waals surface area (Å²) in [5, 5.41) is 0. The molecule has 8 heteroatoms. The molecule has 1 rings (SSSR count). The molecule has 0 aromatic rings. The molecule has 0 spiro atoms. The van der Waals surface area contributed by atoms with Gasteiger partial charge in [0.2, 0.25) is 0 Å². The Morgan fingerprint density at radius 1 is 1.00 bits per heavy atom. The molecule has 1 aliphatic heterocycles.